The predicted octanol–water partition coefficient (Wildman–Crippen LogP) is 2.20. The minimum Gasteiger partial charge on any atom is -0.366 e. The molecule has 0 unspecified atom stereocenters. The summed E-state index contributed by atoms with van der Waals surface area (Å²) in [7, 11) is 0. The van der Waals surface area contributed by atoms with Gasteiger partial charge in [-0.1, -0.05) is 0 Å². The fourth-order valence-corrected chi connectivity index (χ4v) is 1.90. The van der Waals surface area contributed by atoms with Gasteiger partial charge in [0.1, 0.15) is 4.60 Å². The van der Waals surface area contributed by atoms with Crippen molar-refractivity contribution >= 4 is 33.4 Å². The largest absolute Gasteiger partial charge is 0.366 e. The van der Waals surface area contributed by atoms with E-state index in [0.29, 0.717) is 21.4 Å². The Morgan fingerprint density at radius 2 is 1.84 bits per heavy atom. The van der Waals surface area contributed by atoms with E-state index >= 15 is 0 Å². The van der Waals surface area contributed by atoms with Crippen molar-refractivity contribution in [1.29, 1.82) is 0 Å². The minimum atomic E-state index is -0.507. The van der Waals surface area contributed by atoms with Crippen molar-refractivity contribution in [2.75, 3.05) is 5.32 Å². The number of primary amides is 1. The van der Waals surface area contributed by atoms with Crippen LogP contribution in [0.25, 0.3) is 0 Å². The number of halogens is 1. The maximum atomic E-state index is 12.0. The molecule has 0 aliphatic carbocycles. The Morgan fingerprint density at radius 3 is 2.42 bits per heavy atom. The molecular formula is C13H10BrN3O2. The molecule has 0 fully saturated rings. The summed E-state index contributed by atoms with van der Waals surface area (Å²) >= 11 is 3.21. The first-order valence-corrected chi connectivity index (χ1v) is 6.19. The van der Waals surface area contributed by atoms with Gasteiger partial charge in [0.05, 0.1) is 5.56 Å². The Morgan fingerprint density at radius 1 is 1.16 bits per heavy atom. The summed E-state index contributed by atoms with van der Waals surface area (Å²) in [6.45, 7) is 0. The quantitative estimate of drug-likeness (QED) is 0.850. The molecule has 2 rings (SSSR count). The summed E-state index contributed by atoms with van der Waals surface area (Å²) in [5, 5.41) is 2.70. The molecule has 0 radical (unpaired) electrons. The number of hydrogen-bond acceptors (Lipinski definition) is 3. The summed E-state index contributed by atoms with van der Waals surface area (Å²) < 4.78 is 0.473. The summed E-state index contributed by atoms with van der Waals surface area (Å²) in [6, 6.07) is 9.66. The van der Waals surface area contributed by atoms with E-state index in [0.717, 1.165) is 0 Å². The first kappa shape index (κ1) is 13.2. The number of nitrogens with one attached hydrogen (secondary N) is 1. The van der Waals surface area contributed by atoms with Crippen molar-refractivity contribution in [3.05, 3.63) is 58.3 Å². The van der Waals surface area contributed by atoms with E-state index in [1.807, 2.05) is 0 Å². The van der Waals surface area contributed by atoms with Crippen LogP contribution in [0, 0.1) is 0 Å². The van der Waals surface area contributed by atoms with Gasteiger partial charge in [-0.15, -0.1) is 0 Å². The van der Waals surface area contributed by atoms with Crippen molar-refractivity contribution in [2.45, 2.75) is 0 Å². The fraction of sp³-hybridized carbons (Fsp3) is 0. The highest BCUT2D eigenvalue weighted by Gasteiger charge is 2.10. The number of aromatic nitrogens is 1. The third-order valence-electron chi connectivity index (χ3n) is 2.43. The Bertz CT molecular complexity index is 626. The van der Waals surface area contributed by atoms with Crippen molar-refractivity contribution in [1.82, 2.24) is 4.98 Å². The zero-order valence-electron chi connectivity index (χ0n) is 9.76. The molecule has 0 atom stereocenters. The van der Waals surface area contributed by atoms with Crippen LogP contribution in [0.1, 0.15) is 20.7 Å². The SMILES string of the molecule is NC(=O)c1ccc(NC(=O)c2cccnc2Br)cc1. The van der Waals surface area contributed by atoms with Crippen LogP contribution < -0.4 is 11.1 Å². The molecule has 5 nitrogen and oxygen atoms in total. The third kappa shape index (κ3) is 3.17. The highest BCUT2D eigenvalue weighted by molar-refractivity contribution is 9.10. The Hall–Kier alpha value is -2.21. The molecule has 0 aliphatic rings. The number of rotatable bonds is 3. The lowest BCUT2D eigenvalue weighted by Gasteiger charge is -2.06. The average molecular weight is 320 g/mol. The van der Waals surface area contributed by atoms with E-state index in [1.54, 1.807) is 42.6 Å². The Labute approximate surface area is 118 Å². The van der Waals surface area contributed by atoms with Crippen molar-refractivity contribution in [3.8, 4) is 0 Å². The van der Waals surface area contributed by atoms with Crippen LogP contribution in [0.5, 0.6) is 0 Å². The third-order valence-corrected chi connectivity index (χ3v) is 3.06. The van der Waals surface area contributed by atoms with Crippen LogP contribution in [-0.2, 0) is 0 Å². The highest BCUT2D eigenvalue weighted by Crippen LogP contribution is 2.15. The average Bonchev–Trinajstić information content (AvgIpc) is 2.39. The van der Waals surface area contributed by atoms with Crippen LogP contribution in [0.4, 0.5) is 5.69 Å². The zero-order chi connectivity index (χ0) is 13.8. The van der Waals surface area contributed by atoms with E-state index in [4.69, 9.17) is 5.73 Å². The zero-order valence-corrected chi connectivity index (χ0v) is 11.3. The number of carbonyl (C=O) groups excluding carboxylic acids is 2. The number of benzene rings is 1. The van der Waals surface area contributed by atoms with Crippen LogP contribution in [0.3, 0.4) is 0 Å². The number of nitrogens with zero attached hydrogens (tertiary/aromatic N) is 1. The maximum absolute atomic E-state index is 12.0. The second-order valence-electron chi connectivity index (χ2n) is 3.74. The molecule has 19 heavy (non-hydrogen) atoms. The number of nitrogens with two attached hydrogens (primary N) is 1. The molecule has 0 bridgehead atoms. The Kier molecular flexibility index (Phi) is 3.91. The first-order chi connectivity index (χ1) is 9.08. The number of carbonyl (C=O) groups is 2. The van der Waals surface area contributed by atoms with Crippen LogP contribution in [0.15, 0.2) is 47.2 Å². The van der Waals surface area contributed by atoms with E-state index in [9.17, 15) is 9.59 Å². The standard InChI is InChI=1S/C13H10BrN3O2/c14-11-10(2-1-7-16-11)13(19)17-9-5-3-8(4-6-9)12(15)18/h1-7H,(H2,15,18)(H,17,19). The molecule has 96 valence electrons. The summed E-state index contributed by atoms with van der Waals surface area (Å²) in [6.07, 6.45) is 1.59. The van der Waals surface area contributed by atoms with Crippen molar-refractivity contribution in [2.24, 2.45) is 5.73 Å². The highest BCUT2D eigenvalue weighted by atomic mass is 79.9. The van der Waals surface area contributed by atoms with Crippen molar-refractivity contribution < 1.29 is 9.59 Å². The molecule has 1 heterocycles. The van der Waals surface area contributed by atoms with Crippen molar-refractivity contribution in [3.63, 3.8) is 0 Å². The molecule has 2 aromatic rings. The first-order valence-electron chi connectivity index (χ1n) is 5.39. The lowest BCUT2D eigenvalue weighted by Crippen LogP contribution is -2.14. The molecule has 6 heteroatoms. The van der Waals surface area contributed by atoms with Gasteiger partial charge in [0, 0.05) is 17.4 Å². The van der Waals surface area contributed by atoms with Gasteiger partial charge < -0.3 is 11.1 Å². The van der Waals surface area contributed by atoms with Crippen LogP contribution >= 0.6 is 15.9 Å². The van der Waals surface area contributed by atoms with Gasteiger partial charge >= 0.3 is 0 Å². The monoisotopic (exact) mass is 319 g/mol. The van der Waals surface area contributed by atoms with Gasteiger partial charge in [0.2, 0.25) is 5.91 Å². The molecule has 1 aromatic heterocycles. The van der Waals surface area contributed by atoms with E-state index in [1.165, 1.54) is 0 Å². The molecule has 0 spiro atoms. The number of anilines is 1. The van der Waals surface area contributed by atoms with E-state index in [2.05, 4.69) is 26.2 Å². The molecule has 0 saturated carbocycles. The van der Waals surface area contributed by atoms with Crippen LogP contribution in [0.2, 0.25) is 0 Å². The van der Waals surface area contributed by atoms with Gasteiger partial charge in [0.25, 0.3) is 5.91 Å². The van der Waals surface area contributed by atoms with Gasteiger partial charge in [-0.3, -0.25) is 9.59 Å². The minimum absolute atomic E-state index is 0.285. The fourth-order valence-electron chi connectivity index (χ4n) is 1.47. The Balaban J connectivity index is 2.15. The van der Waals surface area contributed by atoms with E-state index in [-0.39, 0.29) is 5.91 Å². The number of pyridine rings is 1. The molecular weight excluding hydrogens is 310 g/mol. The van der Waals surface area contributed by atoms with Gasteiger partial charge in [-0.2, -0.15) is 0 Å². The topological polar surface area (TPSA) is 85.1 Å². The summed E-state index contributed by atoms with van der Waals surface area (Å²) in [4.78, 5) is 26.9. The summed E-state index contributed by atoms with van der Waals surface area (Å²) in [5.74, 6) is -0.792. The van der Waals surface area contributed by atoms with Gasteiger partial charge in [-0.05, 0) is 52.3 Å². The lowest BCUT2D eigenvalue weighted by atomic mass is 10.2. The second kappa shape index (κ2) is 5.62. The second-order valence-corrected chi connectivity index (χ2v) is 4.49. The number of hydrogen-bond donors (Lipinski definition) is 2. The molecule has 0 saturated heterocycles. The van der Waals surface area contributed by atoms with Gasteiger partial charge in [0.15, 0.2) is 0 Å². The maximum Gasteiger partial charge on any atom is 0.258 e. The normalized spacial score (nSPS) is 9.95. The molecule has 0 aliphatic heterocycles. The predicted molar refractivity (Wildman–Crippen MR) is 74.9 cm³/mol. The molecule has 2 amide bonds. The van der Waals surface area contributed by atoms with Gasteiger partial charge in [-0.25, -0.2) is 4.98 Å². The number of amides is 2. The summed E-state index contributed by atoms with van der Waals surface area (Å²) in [5.41, 5.74) is 6.53. The lowest BCUT2D eigenvalue weighted by molar-refractivity contribution is 0.0998. The molecule has 3 N–H and O–H groups in total. The molecule has 1 aromatic carbocycles. The van der Waals surface area contributed by atoms with E-state index < -0.39 is 5.91 Å². The van der Waals surface area contributed by atoms with Crippen LogP contribution in [-0.4, -0.2) is 16.8 Å². The smallest absolute Gasteiger partial charge is 0.258 e.